The number of nitrogens with two attached hydrogens (primary N) is 1. The van der Waals surface area contributed by atoms with Crippen LogP contribution in [0.5, 0.6) is 0 Å². The Kier molecular flexibility index (Phi) is 5.21. The van der Waals surface area contributed by atoms with E-state index < -0.39 is 0 Å². The van der Waals surface area contributed by atoms with Crippen molar-refractivity contribution in [3.8, 4) is 0 Å². The van der Waals surface area contributed by atoms with Crippen LogP contribution in [0.25, 0.3) is 0 Å². The summed E-state index contributed by atoms with van der Waals surface area (Å²) in [5.74, 6) is 0. The molecule has 2 nitrogen and oxygen atoms in total. The van der Waals surface area contributed by atoms with Crippen molar-refractivity contribution in [3.05, 3.63) is 35.9 Å². The first kappa shape index (κ1) is 13.6. The van der Waals surface area contributed by atoms with Gasteiger partial charge in [0, 0.05) is 12.1 Å². The molecule has 0 spiro atoms. The van der Waals surface area contributed by atoms with E-state index in [2.05, 4.69) is 36.2 Å². The van der Waals surface area contributed by atoms with Gasteiger partial charge in [-0.3, -0.25) is 0 Å². The molecule has 1 atom stereocenters. The summed E-state index contributed by atoms with van der Waals surface area (Å²) in [6.45, 7) is 1.11. The molecule has 0 heterocycles. The zero-order chi connectivity index (χ0) is 12.8. The fourth-order valence-electron chi connectivity index (χ4n) is 2.91. The Morgan fingerprint density at radius 2 is 1.83 bits per heavy atom. The molecule has 2 rings (SSSR count). The van der Waals surface area contributed by atoms with Gasteiger partial charge in [-0.1, -0.05) is 49.6 Å². The van der Waals surface area contributed by atoms with Gasteiger partial charge in [0.25, 0.3) is 0 Å². The maximum atomic E-state index is 6.25. The molecule has 0 radical (unpaired) electrons. The third-order valence-corrected chi connectivity index (χ3v) is 4.22. The van der Waals surface area contributed by atoms with Gasteiger partial charge in [-0.15, -0.1) is 0 Å². The second-order valence-electron chi connectivity index (χ2n) is 5.58. The van der Waals surface area contributed by atoms with Gasteiger partial charge in [0.05, 0.1) is 0 Å². The summed E-state index contributed by atoms with van der Waals surface area (Å²) in [6.07, 6.45) is 8.03. The van der Waals surface area contributed by atoms with E-state index in [1.807, 2.05) is 6.07 Å². The average molecular weight is 246 g/mol. The fourth-order valence-corrected chi connectivity index (χ4v) is 2.91. The van der Waals surface area contributed by atoms with Gasteiger partial charge in [-0.2, -0.15) is 0 Å². The molecule has 0 aromatic heterocycles. The van der Waals surface area contributed by atoms with Gasteiger partial charge in [0.1, 0.15) is 0 Å². The van der Waals surface area contributed by atoms with E-state index in [1.54, 1.807) is 0 Å². The molecule has 1 fully saturated rings. The topological polar surface area (TPSA) is 29.3 Å². The number of hydrogen-bond acceptors (Lipinski definition) is 2. The third-order valence-electron chi connectivity index (χ3n) is 4.22. The van der Waals surface area contributed by atoms with Gasteiger partial charge in [-0.05, 0) is 38.4 Å². The van der Waals surface area contributed by atoms with E-state index in [-0.39, 0.29) is 6.04 Å². The summed E-state index contributed by atoms with van der Waals surface area (Å²) >= 11 is 0. The maximum absolute atomic E-state index is 6.25. The largest absolute Gasteiger partial charge is 0.324 e. The number of nitrogens with zero attached hydrogens (tertiary/aromatic N) is 1. The summed E-state index contributed by atoms with van der Waals surface area (Å²) in [5, 5.41) is 0. The first-order valence-electron chi connectivity index (χ1n) is 7.28. The third kappa shape index (κ3) is 3.82. The normalized spacial score (nSPS) is 19.1. The Hall–Kier alpha value is -0.860. The first-order valence-corrected chi connectivity index (χ1v) is 7.28. The molecule has 0 saturated heterocycles. The monoisotopic (exact) mass is 246 g/mol. The highest BCUT2D eigenvalue weighted by molar-refractivity contribution is 5.18. The Balaban J connectivity index is 1.76. The minimum absolute atomic E-state index is 0.178. The van der Waals surface area contributed by atoms with Gasteiger partial charge in [0.2, 0.25) is 0 Å². The summed E-state index contributed by atoms with van der Waals surface area (Å²) in [6, 6.07) is 11.4. The second kappa shape index (κ2) is 6.91. The lowest BCUT2D eigenvalue weighted by molar-refractivity contribution is 0.186. The van der Waals surface area contributed by atoms with Crippen molar-refractivity contribution in [3.63, 3.8) is 0 Å². The molecule has 2 N–H and O–H groups in total. The van der Waals surface area contributed by atoms with Crippen molar-refractivity contribution in [1.29, 1.82) is 0 Å². The lowest BCUT2D eigenvalue weighted by atomic mass is 9.94. The molecule has 1 saturated carbocycles. The minimum atomic E-state index is 0.178. The maximum Gasteiger partial charge on any atom is 0.0307 e. The standard InChI is InChI=1S/C16H26N2/c1-18(15-10-6-3-7-11-15)13-12-16(17)14-8-4-2-5-9-14/h2,4-5,8-9,15-16H,3,6-7,10-13,17H2,1H3. The minimum Gasteiger partial charge on any atom is -0.324 e. The summed E-state index contributed by atoms with van der Waals surface area (Å²) in [4.78, 5) is 2.52. The van der Waals surface area contributed by atoms with Crippen molar-refractivity contribution in [2.75, 3.05) is 13.6 Å². The lowest BCUT2D eigenvalue weighted by Crippen LogP contribution is -2.35. The van der Waals surface area contributed by atoms with Crippen molar-refractivity contribution in [1.82, 2.24) is 4.90 Å². The van der Waals surface area contributed by atoms with Crippen LogP contribution in [-0.4, -0.2) is 24.5 Å². The Morgan fingerprint density at radius 3 is 2.50 bits per heavy atom. The fraction of sp³-hybridized carbons (Fsp3) is 0.625. The number of hydrogen-bond donors (Lipinski definition) is 1. The smallest absolute Gasteiger partial charge is 0.0307 e. The van der Waals surface area contributed by atoms with Gasteiger partial charge in [-0.25, -0.2) is 0 Å². The Morgan fingerprint density at radius 1 is 1.17 bits per heavy atom. The van der Waals surface area contributed by atoms with Crippen molar-refractivity contribution < 1.29 is 0 Å². The van der Waals surface area contributed by atoms with Crippen molar-refractivity contribution in [2.45, 2.75) is 50.6 Å². The molecule has 18 heavy (non-hydrogen) atoms. The number of rotatable bonds is 5. The van der Waals surface area contributed by atoms with E-state index in [0.29, 0.717) is 0 Å². The van der Waals surface area contributed by atoms with E-state index in [4.69, 9.17) is 5.73 Å². The van der Waals surface area contributed by atoms with Gasteiger partial charge < -0.3 is 10.6 Å². The Bertz CT molecular complexity index is 330. The van der Waals surface area contributed by atoms with Crippen LogP contribution in [0, 0.1) is 0 Å². The van der Waals surface area contributed by atoms with Gasteiger partial charge in [0.15, 0.2) is 0 Å². The van der Waals surface area contributed by atoms with Crippen LogP contribution in [-0.2, 0) is 0 Å². The first-order chi connectivity index (χ1) is 8.77. The Labute approximate surface area is 111 Å². The van der Waals surface area contributed by atoms with Crippen LogP contribution >= 0.6 is 0 Å². The molecule has 1 aliphatic rings. The SMILES string of the molecule is CN(CCC(N)c1ccccc1)C1CCCCC1. The van der Waals surface area contributed by atoms with Crippen molar-refractivity contribution >= 4 is 0 Å². The summed E-state index contributed by atoms with van der Waals surface area (Å²) in [5.41, 5.74) is 7.51. The molecule has 100 valence electrons. The zero-order valence-corrected chi connectivity index (χ0v) is 11.5. The zero-order valence-electron chi connectivity index (χ0n) is 11.5. The predicted octanol–water partition coefficient (Wildman–Crippen LogP) is 3.34. The highest BCUT2D eigenvalue weighted by atomic mass is 15.1. The predicted molar refractivity (Wildman–Crippen MR) is 77.5 cm³/mol. The molecule has 0 bridgehead atoms. The lowest BCUT2D eigenvalue weighted by Gasteiger charge is -2.31. The molecule has 0 aliphatic heterocycles. The van der Waals surface area contributed by atoms with Crippen LogP contribution in [0.4, 0.5) is 0 Å². The van der Waals surface area contributed by atoms with Crippen LogP contribution in [0.3, 0.4) is 0 Å². The quantitative estimate of drug-likeness (QED) is 0.863. The summed E-state index contributed by atoms with van der Waals surface area (Å²) in [7, 11) is 2.26. The molecular formula is C16H26N2. The van der Waals surface area contributed by atoms with Gasteiger partial charge >= 0.3 is 0 Å². The molecular weight excluding hydrogens is 220 g/mol. The highest BCUT2D eigenvalue weighted by Gasteiger charge is 2.18. The van der Waals surface area contributed by atoms with E-state index in [0.717, 1.165) is 19.0 Å². The molecule has 1 aromatic rings. The molecule has 2 heteroatoms. The van der Waals surface area contributed by atoms with E-state index >= 15 is 0 Å². The number of benzene rings is 1. The highest BCUT2D eigenvalue weighted by Crippen LogP contribution is 2.22. The molecule has 1 unspecified atom stereocenters. The van der Waals surface area contributed by atoms with Crippen LogP contribution < -0.4 is 5.73 Å². The average Bonchev–Trinajstić information content (AvgIpc) is 2.46. The van der Waals surface area contributed by atoms with Crippen LogP contribution in [0.1, 0.15) is 50.1 Å². The van der Waals surface area contributed by atoms with E-state index in [9.17, 15) is 0 Å². The second-order valence-corrected chi connectivity index (χ2v) is 5.58. The summed E-state index contributed by atoms with van der Waals surface area (Å²) < 4.78 is 0. The van der Waals surface area contributed by atoms with Crippen molar-refractivity contribution in [2.24, 2.45) is 5.73 Å². The van der Waals surface area contributed by atoms with Crippen LogP contribution in [0.15, 0.2) is 30.3 Å². The van der Waals surface area contributed by atoms with Crippen LogP contribution in [0.2, 0.25) is 0 Å². The molecule has 1 aliphatic carbocycles. The molecule has 1 aromatic carbocycles. The molecule has 0 amide bonds. The van der Waals surface area contributed by atoms with E-state index in [1.165, 1.54) is 37.7 Å².